The zero-order chi connectivity index (χ0) is 10.9. The molecule has 1 aliphatic carbocycles. The predicted octanol–water partition coefficient (Wildman–Crippen LogP) is 2.71. The van der Waals surface area contributed by atoms with Crippen molar-refractivity contribution >= 4 is 0 Å². The van der Waals surface area contributed by atoms with Crippen molar-refractivity contribution in [3.05, 3.63) is 17.3 Å². The van der Waals surface area contributed by atoms with Crippen LogP contribution in [0.5, 0.6) is 0 Å². The molecule has 1 saturated carbocycles. The molecule has 3 nitrogen and oxygen atoms in total. The second-order valence-electron chi connectivity index (χ2n) is 4.59. The van der Waals surface area contributed by atoms with Crippen molar-refractivity contribution in [2.45, 2.75) is 58.5 Å². The Bertz CT molecular complexity index is 314. The van der Waals surface area contributed by atoms with E-state index in [1.54, 1.807) is 0 Å². The molecule has 1 heterocycles. The van der Waals surface area contributed by atoms with E-state index in [9.17, 15) is 0 Å². The van der Waals surface area contributed by atoms with E-state index in [2.05, 4.69) is 17.2 Å². The SMILES string of the molecule is CCC1(NCc2nc(C)c(C)o2)CCC1. The third kappa shape index (κ3) is 2.07. The molecule has 0 bridgehead atoms. The van der Waals surface area contributed by atoms with Crippen LogP contribution in [0.2, 0.25) is 0 Å². The van der Waals surface area contributed by atoms with Crippen LogP contribution in [0.1, 0.15) is 50.0 Å². The molecule has 0 saturated heterocycles. The van der Waals surface area contributed by atoms with Gasteiger partial charge < -0.3 is 9.73 Å². The highest BCUT2D eigenvalue weighted by atomic mass is 16.4. The summed E-state index contributed by atoms with van der Waals surface area (Å²) in [7, 11) is 0. The summed E-state index contributed by atoms with van der Waals surface area (Å²) in [5.41, 5.74) is 1.38. The highest BCUT2D eigenvalue weighted by Gasteiger charge is 2.34. The van der Waals surface area contributed by atoms with Crippen molar-refractivity contribution < 1.29 is 4.42 Å². The standard InChI is InChI=1S/C12H20N2O/c1-4-12(6-5-7-12)13-8-11-14-9(2)10(3)15-11/h13H,4-8H2,1-3H3. The molecule has 84 valence electrons. The van der Waals surface area contributed by atoms with E-state index in [0.717, 1.165) is 23.9 Å². The summed E-state index contributed by atoms with van der Waals surface area (Å²) in [5.74, 6) is 1.76. The van der Waals surface area contributed by atoms with Gasteiger partial charge in [0.25, 0.3) is 0 Å². The average molecular weight is 208 g/mol. The van der Waals surface area contributed by atoms with E-state index >= 15 is 0 Å². The maximum absolute atomic E-state index is 5.55. The van der Waals surface area contributed by atoms with Crippen LogP contribution in [-0.2, 0) is 6.54 Å². The summed E-state index contributed by atoms with van der Waals surface area (Å²) in [6.45, 7) is 6.97. The molecule has 0 unspecified atom stereocenters. The first-order valence-electron chi connectivity index (χ1n) is 5.83. The Hall–Kier alpha value is -0.830. The Balaban J connectivity index is 1.92. The summed E-state index contributed by atoms with van der Waals surface area (Å²) in [5, 5.41) is 3.58. The minimum absolute atomic E-state index is 0.371. The zero-order valence-electron chi connectivity index (χ0n) is 9.89. The van der Waals surface area contributed by atoms with Crippen molar-refractivity contribution in [2.75, 3.05) is 0 Å². The Morgan fingerprint density at radius 3 is 2.53 bits per heavy atom. The third-order valence-electron chi connectivity index (χ3n) is 3.67. The summed E-state index contributed by atoms with van der Waals surface area (Å²) >= 11 is 0. The van der Waals surface area contributed by atoms with E-state index in [1.807, 2.05) is 13.8 Å². The molecule has 0 aliphatic heterocycles. The van der Waals surface area contributed by atoms with Crippen molar-refractivity contribution in [1.82, 2.24) is 10.3 Å². The average Bonchev–Trinajstić information content (AvgIpc) is 2.45. The molecule has 1 aliphatic rings. The molecular weight excluding hydrogens is 188 g/mol. The molecule has 0 atom stereocenters. The lowest BCUT2D eigenvalue weighted by Crippen LogP contribution is -2.49. The molecule has 15 heavy (non-hydrogen) atoms. The van der Waals surface area contributed by atoms with Gasteiger partial charge in [0.15, 0.2) is 0 Å². The molecule has 1 fully saturated rings. The van der Waals surface area contributed by atoms with Gasteiger partial charge in [-0.05, 0) is 39.5 Å². The first-order valence-corrected chi connectivity index (χ1v) is 5.83. The fourth-order valence-corrected chi connectivity index (χ4v) is 2.14. The van der Waals surface area contributed by atoms with Gasteiger partial charge in [-0.1, -0.05) is 6.92 Å². The van der Waals surface area contributed by atoms with Gasteiger partial charge in [0.05, 0.1) is 12.2 Å². The van der Waals surface area contributed by atoms with Gasteiger partial charge in [0, 0.05) is 5.54 Å². The van der Waals surface area contributed by atoms with E-state index < -0.39 is 0 Å². The molecule has 3 heteroatoms. The Kier molecular flexibility index (Phi) is 2.83. The van der Waals surface area contributed by atoms with Crippen LogP contribution in [0, 0.1) is 13.8 Å². The van der Waals surface area contributed by atoms with Gasteiger partial charge in [0.1, 0.15) is 5.76 Å². The molecule has 1 N–H and O–H groups in total. The number of hydrogen-bond donors (Lipinski definition) is 1. The predicted molar refractivity (Wildman–Crippen MR) is 59.7 cm³/mol. The van der Waals surface area contributed by atoms with Crippen molar-refractivity contribution in [2.24, 2.45) is 0 Å². The second-order valence-corrected chi connectivity index (χ2v) is 4.59. The first-order chi connectivity index (χ1) is 7.15. The summed E-state index contributed by atoms with van der Waals surface area (Å²) in [6.07, 6.45) is 5.14. The molecular formula is C12H20N2O. The summed E-state index contributed by atoms with van der Waals surface area (Å²) < 4.78 is 5.55. The molecule has 0 spiro atoms. The third-order valence-corrected chi connectivity index (χ3v) is 3.67. The molecule has 1 aromatic rings. The Morgan fingerprint density at radius 2 is 2.13 bits per heavy atom. The molecule has 0 radical (unpaired) electrons. The van der Waals surface area contributed by atoms with Gasteiger partial charge in [-0.15, -0.1) is 0 Å². The van der Waals surface area contributed by atoms with Crippen molar-refractivity contribution in [3.8, 4) is 0 Å². The van der Waals surface area contributed by atoms with Crippen LogP contribution < -0.4 is 5.32 Å². The Labute approximate surface area is 91.3 Å². The summed E-state index contributed by atoms with van der Waals surface area (Å²) in [4.78, 5) is 4.38. The monoisotopic (exact) mass is 208 g/mol. The molecule has 2 rings (SSSR count). The number of nitrogens with zero attached hydrogens (tertiary/aromatic N) is 1. The van der Waals surface area contributed by atoms with E-state index in [4.69, 9.17) is 4.42 Å². The van der Waals surface area contributed by atoms with Gasteiger partial charge in [-0.3, -0.25) is 0 Å². The second kappa shape index (κ2) is 3.97. The topological polar surface area (TPSA) is 38.1 Å². The fourth-order valence-electron chi connectivity index (χ4n) is 2.14. The summed E-state index contributed by atoms with van der Waals surface area (Å²) in [6, 6.07) is 0. The number of nitrogens with one attached hydrogen (secondary N) is 1. The maximum Gasteiger partial charge on any atom is 0.208 e. The normalized spacial score (nSPS) is 18.9. The number of hydrogen-bond acceptors (Lipinski definition) is 3. The minimum Gasteiger partial charge on any atom is -0.444 e. The van der Waals surface area contributed by atoms with Crippen molar-refractivity contribution in [1.29, 1.82) is 0 Å². The van der Waals surface area contributed by atoms with Gasteiger partial charge in [-0.2, -0.15) is 0 Å². The molecule has 0 amide bonds. The van der Waals surface area contributed by atoms with Crippen LogP contribution in [0.3, 0.4) is 0 Å². The van der Waals surface area contributed by atoms with Gasteiger partial charge >= 0.3 is 0 Å². The lowest BCUT2D eigenvalue weighted by Gasteiger charge is -2.42. The smallest absolute Gasteiger partial charge is 0.208 e. The number of oxazole rings is 1. The molecule has 0 aromatic carbocycles. The molecule has 1 aromatic heterocycles. The van der Waals surface area contributed by atoms with Crippen LogP contribution in [0.25, 0.3) is 0 Å². The first kappa shape index (κ1) is 10.7. The highest BCUT2D eigenvalue weighted by Crippen LogP contribution is 2.34. The van der Waals surface area contributed by atoms with Gasteiger partial charge in [-0.25, -0.2) is 4.98 Å². The zero-order valence-corrected chi connectivity index (χ0v) is 9.89. The maximum atomic E-state index is 5.55. The van der Waals surface area contributed by atoms with Crippen LogP contribution >= 0.6 is 0 Å². The minimum atomic E-state index is 0.371. The quantitative estimate of drug-likeness (QED) is 0.826. The highest BCUT2D eigenvalue weighted by molar-refractivity contribution is 5.06. The van der Waals surface area contributed by atoms with Crippen LogP contribution in [0.15, 0.2) is 4.42 Å². The van der Waals surface area contributed by atoms with Crippen LogP contribution in [0.4, 0.5) is 0 Å². The van der Waals surface area contributed by atoms with E-state index in [1.165, 1.54) is 25.7 Å². The van der Waals surface area contributed by atoms with Crippen molar-refractivity contribution in [3.63, 3.8) is 0 Å². The number of rotatable bonds is 4. The lowest BCUT2D eigenvalue weighted by atomic mass is 9.75. The van der Waals surface area contributed by atoms with Gasteiger partial charge in [0.2, 0.25) is 5.89 Å². The van der Waals surface area contributed by atoms with Crippen LogP contribution in [-0.4, -0.2) is 10.5 Å². The van der Waals surface area contributed by atoms with E-state index in [0.29, 0.717) is 5.54 Å². The lowest BCUT2D eigenvalue weighted by molar-refractivity contribution is 0.169. The number of aromatic nitrogens is 1. The Morgan fingerprint density at radius 1 is 1.40 bits per heavy atom. The largest absolute Gasteiger partial charge is 0.444 e. The van der Waals surface area contributed by atoms with E-state index in [-0.39, 0.29) is 0 Å². The number of aryl methyl sites for hydroxylation is 2. The fraction of sp³-hybridized carbons (Fsp3) is 0.750.